The molecule has 1 amide bonds. The second kappa shape index (κ2) is 7.75. The number of hydrogen-bond donors (Lipinski definition) is 2. The van der Waals surface area contributed by atoms with E-state index in [1.165, 1.54) is 5.56 Å². The summed E-state index contributed by atoms with van der Waals surface area (Å²) in [6.07, 6.45) is 3.73. The van der Waals surface area contributed by atoms with Gasteiger partial charge in [-0.1, -0.05) is 23.7 Å². The Labute approximate surface area is 150 Å². The fourth-order valence-corrected chi connectivity index (χ4v) is 3.01. The second-order valence-corrected chi connectivity index (χ2v) is 8.31. The maximum Gasteiger partial charge on any atom is 0.408 e. The van der Waals surface area contributed by atoms with Gasteiger partial charge in [-0.15, -0.1) is 0 Å². The van der Waals surface area contributed by atoms with Crippen molar-refractivity contribution in [3.8, 4) is 0 Å². The van der Waals surface area contributed by atoms with Crippen LogP contribution in [0.4, 0.5) is 4.79 Å². The van der Waals surface area contributed by atoms with E-state index in [1.54, 1.807) is 0 Å². The molecule has 4 nitrogen and oxygen atoms in total. The first-order chi connectivity index (χ1) is 11.2. The molecule has 1 fully saturated rings. The Hall–Kier alpha value is -1.26. The van der Waals surface area contributed by atoms with Crippen LogP contribution in [-0.2, 0) is 11.2 Å². The lowest BCUT2D eigenvalue weighted by molar-refractivity contribution is 0.0379. The lowest BCUT2D eigenvalue weighted by Gasteiger charge is -2.43. The van der Waals surface area contributed by atoms with Crippen LogP contribution in [0.2, 0.25) is 5.02 Å². The highest BCUT2D eigenvalue weighted by molar-refractivity contribution is 6.30. The van der Waals surface area contributed by atoms with Crippen LogP contribution >= 0.6 is 11.6 Å². The van der Waals surface area contributed by atoms with Crippen LogP contribution in [0.25, 0.3) is 0 Å². The lowest BCUT2D eigenvalue weighted by Crippen LogP contribution is -2.60. The van der Waals surface area contributed by atoms with E-state index in [4.69, 9.17) is 16.3 Å². The molecule has 134 valence electrons. The fourth-order valence-electron chi connectivity index (χ4n) is 2.89. The van der Waals surface area contributed by atoms with Gasteiger partial charge in [-0.3, -0.25) is 0 Å². The van der Waals surface area contributed by atoms with Crippen molar-refractivity contribution in [1.82, 2.24) is 10.6 Å². The zero-order chi connectivity index (χ0) is 17.8. The molecule has 1 aliphatic rings. The van der Waals surface area contributed by atoms with Gasteiger partial charge in [0.25, 0.3) is 0 Å². The first-order valence-corrected chi connectivity index (χ1v) is 9.04. The number of nitrogens with one attached hydrogen (secondary N) is 2. The van der Waals surface area contributed by atoms with Crippen molar-refractivity contribution in [3.63, 3.8) is 0 Å². The molecular weight excluding hydrogens is 324 g/mol. The molecule has 0 radical (unpaired) electrons. The monoisotopic (exact) mass is 352 g/mol. The van der Waals surface area contributed by atoms with Crippen molar-refractivity contribution in [2.45, 2.75) is 70.6 Å². The SMILES string of the molecule is CC(Cc1ccc(Cl)cc1)NCC1(NC(=O)OC(C)(C)C)CCC1. The molecule has 0 heterocycles. The van der Waals surface area contributed by atoms with Gasteiger partial charge in [0.2, 0.25) is 0 Å². The predicted molar refractivity (Wildman–Crippen MR) is 98.6 cm³/mol. The number of carbonyl (C=O) groups is 1. The second-order valence-electron chi connectivity index (χ2n) is 7.87. The minimum Gasteiger partial charge on any atom is -0.444 e. The summed E-state index contributed by atoms with van der Waals surface area (Å²) in [5, 5.41) is 7.38. The van der Waals surface area contributed by atoms with Crippen molar-refractivity contribution in [1.29, 1.82) is 0 Å². The third-order valence-corrected chi connectivity index (χ3v) is 4.57. The Morgan fingerprint density at radius 3 is 2.42 bits per heavy atom. The molecule has 1 aromatic carbocycles. The normalized spacial score (nSPS) is 17.7. The maximum atomic E-state index is 12.1. The highest BCUT2D eigenvalue weighted by Gasteiger charge is 2.39. The summed E-state index contributed by atoms with van der Waals surface area (Å²) in [6.45, 7) is 8.57. The van der Waals surface area contributed by atoms with Crippen LogP contribution in [0.5, 0.6) is 0 Å². The molecule has 5 heteroatoms. The third-order valence-electron chi connectivity index (χ3n) is 4.32. The number of benzene rings is 1. The fraction of sp³-hybridized carbons (Fsp3) is 0.632. The van der Waals surface area contributed by atoms with E-state index in [-0.39, 0.29) is 11.6 Å². The first kappa shape index (κ1) is 19.1. The van der Waals surface area contributed by atoms with Crippen molar-refractivity contribution >= 4 is 17.7 Å². The Morgan fingerprint density at radius 1 is 1.29 bits per heavy atom. The summed E-state index contributed by atoms with van der Waals surface area (Å²) < 4.78 is 5.39. The summed E-state index contributed by atoms with van der Waals surface area (Å²) in [7, 11) is 0. The molecule has 24 heavy (non-hydrogen) atoms. The van der Waals surface area contributed by atoms with Crippen molar-refractivity contribution in [2.24, 2.45) is 0 Å². The van der Waals surface area contributed by atoms with Crippen LogP contribution in [-0.4, -0.2) is 29.8 Å². The molecule has 1 aromatic rings. The average molecular weight is 353 g/mol. The Morgan fingerprint density at radius 2 is 1.92 bits per heavy atom. The van der Waals surface area contributed by atoms with E-state index in [1.807, 2.05) is 32.9 Å². The van der Waals surface area contributed by atoms with E-state index in [9.17, 15) is 4.79 Å². The molecule has 1 atom stereocenters. The highest BCUT2D eigenvalue weighted by Crippen LogP contribution is 2.31. The van der Waals surface area contributed by atoms with Gasteiger partial charge in [0.15, 0.2) is 0 Å². The molecule has 1 saturated carbocycles. The van der Waals surface area contributed by atoms with Crippen LogP contribution in [0.15, 0.2) is 24.3 Å². The van der Waals surface area contributed by atoms with Gasteiger partial charge in [-0.2, -0.15) is 0 Å². The predicted octanol–water partition coefficient (Wildman–Crippen LogP) is 4.31. The van der Waals surface area contributed by atoms with Crippen LogP contribution in [0.3, 0.4) is 0 Å². The summed E-state index contributed by atoms with van der Waals surface area (Å²) in [5.74, 6) is 0. The molecule has 1 unspecified atom stereocenters. The molecule has 0 spiro atoms. The lowest BCUT2D eigenvalue weighted by atomic mass is 9.76. The van der Waals surface area contributed by atoms with E-state index in [0.717, 1.165) is 37.3 Å². The maximum absolute atomic E-state index is 12.1. The largest absolute Gasteiger partial charge is 0.444 e. The van der Waals surface area contributed by atoms with Crippen LogP contribution in [0.1, 0.15) is 52.5 Å². The van der Waals surface area contributed by atoms with E-state index in [0.29, 0.717) is 6.04 Å². The van der Waals surface area contributed by atoms with E-state index >= 15 is 0 Å². The number of ether oxygens (including phenoxy) is 1. The molecule has 0 aliphatic heterocycles. The molecule has 0 bridgehead atoms. The third kappa shape index (κ3) is 5.99. The summed E-state index contributed by atoms with van der Waals surface area (Å²) >= 11 is 5.92. The number of alkyl carbamates (subject to hydrolysis) is 1. The minimum absolute atomic E-state index is 0.170. The highest BCUT2D eigenvalue weighted by atomic mass is 35.5. The summed E-state index contributed by atoms with van der Waals surface area (Å²) in [4.78, 5) is 12.1. The number of amides is 1. The van der Waals surface area contributed by atoms with Gasteiger partial charge in [0.1, 0.15) is 5.60 Å². The Kier molecular flexibility index (Phi) is 6.16. The number of carbonyl (C=O) groups excluding carboxylic acids is 1. The van der Waals surface area contributed by atoms with E-state index < -0.39 is 5.60 Å². The van der Waals surface area contributed by atoms with Crippen LogP contribution < -0.4 is 10.6 Å². The van der Waals surface area contributed by atoms with E-state index in [2.05, 4.69) is 29.7 Å². The zero-order valence-corrected chi connectivity index (χ0v) is 15.9. The number of hydrogen-bond acceptors (Lipinski definition) is 3. The van der Waals surface area contributed by atoms with Crippen molar-refractivity contribution in [2.75, 3.05) is 6.54 Å². The minimum atomic E-state index is -0.468. The van der Waals surface area contributed by atoms with Gasteiger partial charge >= 0.3 is 6.09 Å². The van der Waals surface area contributed by atoms with Gasteiger partial charge < -0.3 is 15.4 Å². The molecule has 0 aromatic heterocycles. The molecule has 0 saturated heterocycles. The molecule has 2 N–H and O–H groups in total. The van der Waals surface area contributed by atoms with Crippen molar-refractivity contribution in [3.05, 3.63) is 34.9 Å². The zero-order valence-electron chi connectivity index (χ0n) is 15.1. The molecule has 2 rings (SSSR count). The summed E-state index contributed by atoms with van der Waals surface area (Å²) in [6, 6.07) is 8.27. The number of halogens is 1. The quantitative estimate of drug-likeness (QED) is 0.802. The molecule has 1 aliphatic carbocycles. The topological polar surface area (TPSA) is 50.4 Å². The Balaban J connectivity index is 1.81. The molecular formula is C19H29ClN2O2. The smallest absolute Gasteiger partial charge is 0.408 e. The Bertz CT molecular complexity index is 547. The first-order valence-electron chi connectivity index (χ1n) is 8.66. The van der Waals surface area contributed by atoms with Gasteiger partial charge in [-0.25, -0.2) is 4.79 Å². The number of rotatable bonds is 6. The van der Waals surface area contributed by atoms with Gasteiger partial charge in [-0.05, 0) is 71.1 Å². The van der Waals surface area contributed by atoms with Crippen LogP contribution in [0, 0.1) is 0 Å². The summed E-state index contributed by atoms with van der Waals surface area (Å²) in [5.41, 5.74) is 0.614. The van der Waals surface area contributed by atoms with Gasteiger partial charge in [0, 0.05) is 17.6 Å². The standard InChI is InChI=1S/C19H29ClN2O2/c1-14(12-15-6-8-16(20)9-7-15)21-13-19(10-5-11-19)22-17(23)24-18(2,3)4/h6-9,14,21H,5,10-13H2,1-4H3,(H,22,23). The van der Waals surface area contributed by atoms with Gasteiger partial charge in [0.05, 0.1) is 5.54 Å². The van der Waals surface area contributed by atoms with Crippen molar-refractivity contribution < 1.29 is 9.53 Å². The average Bonchev–Trinajstić information content (AvgIpc) is 2.42.